The number of aryl methyl sites for hydroxylation is 2. The third-order valence-corrected chi connectivity index (χ3v) is 7.77. The highest BCUT2D eigenvalue weighted by molar-refractivity contribution is 7.89. The van der Waals surface area contributed by atoms with Crippen LogP contribution >= 0.6 is 0 Å². The van der Waals surface area contributed by atoms with Crippen LogP contribution in [0.15, 0.2) is 33.7 Å². The van der Waals surface area contributed by atoms with Gasteiger partial charge in [0.1, 0.15) is 0 Å². The quantitative estimate of drug-likeness (QED) is 0.733. The van der Waals surface area contributed by atoms with Gasteiger partial charge in [-0.25, -0.2) is 8.42 Å². The number of hydrogen-bond donors (Lipinski definition) is 0. The Morgan fingerprint density at radius 2 is 1.93 bits per heavy atom. The van der Waals surface area contributed by atoms with Gasteiger partial charge in [0, 0.05) is 36.8 Å². The molecule has 1 fully saturated rings. The van der Waals surface area contributed by atoms with E-state index in [1.165, 1.54) is 0 Å². The van der Waals surface area contributed by atoms with E-state index >= 15 is 0 Å². The molecule has 0 atom stereocenters. The van der Waals surface area contributed by atoms with E-state index in [2.05, 4.69) is 31.0 Å². The molecular weight excluding hydrogens is 374 g/mol. The van der Waals surface area contributed by atoms with Crippen LogP contribution in [0.1, 0.15) is 44.9 Å². The molecule has 0 aliphatic carbocycles. The molecule has 2 aromatic rings. The molecule has 1 aromatic carbocycles. The van der Waals surface area contributed by atoms with Crippen LogP contribution in [0.25, 0.3) is 11.3 Å². The monoisotopic (exact) mass is 405 g/mol. The molecule has 0 saturated carbocycles. The lowest BCUT2D eigenvalue weighted by atomic mass is 10.0. The molecule has 154 valence electrons. The van der Waals surface area contributed by atoms with Crippen LogP contribution in [0.2, 0.25) is 0 Å². The summed E-state index contributed by atoms with van der Waals surface area (Å²) in [5, 5.41) is 3.92. The maximum absolute atomic E-state index is 13.4. The molecule has 0 N–H and O–H groups in total. The lowest BCUT2D eigenvalue weighted by molar-refractivity contribution is 0.138. The van der Waals surface area contributed by atoms with E-state index in [4.69, 9.17) is 4.52 Å². The first-order chi connectivity index (χ1) is 13.2. The van der Waals surface area contributed by atoms with Gasteiger partial charge >= 0.3 is 0 Å². The number of sulfonamides is 1. The van der Waals surface area contributed by atoms with Crippen molar-refractivity contribution in [3.63, 3.8) is 0 Å². The van der Waals surface area contributed by atoms with Crippen molar-refractivity contribution in [1.29, 1.82) is 0 Å². The van der Waals surface area contributed by atoms with Crippen LogP contribution in [-0.4, -0.2) is 55.0 Å². The summed E-state index contributed by atoms with van der Waals surface area (Å²) >= 11 is 0. The molecule has 6 nitrogen and oxygen atoms in total. The summed E-state index contributed by atoms with van der Waals surface area (Å²) < 4.78 is 33.8. The summed E-state index contributed by atoms with van der Waals surface area (Å²) in [6.07, 6.45) is 2.38. The Labute approximate surface area is 168 Å². The summed E-state index contributed by atoms with van der Waals surface area (Å²) in [5.74, 6) is 0.592. The van der Waals surface area contributed by atoms with E-state index in [-0.39, 0.29) is 0 Å². The Morgan fingerprint density at radius 1 is 1.25 bits per heavy atom. The number of benzene rings is 1. The SMILES string of the molecule is CCc1ccc(-c2cc(C)no2)cc1S(=O)(=O)N1CCC(N(C)C(C)C)CC1. The van der Waals surface area contributed by atoms with Gasteiger partial charge in [0.15, 0.2) is 5.76 Å². The first-order valence-electron chi connectivity index (χ1n) is 10.0. The van der Waals surface area contributed by atoms with Gasteiger partial charge < -0.3 is 9.42 Å². The van der Waals surface area contributed by atoms with E-state index in [0.29, 0.717) is 42.2 Å². The van der Waals surface area contributed by atoms with Gasteiger partial charge in [-0.1, -0.05) is 24.2 Å². The Kier molecular flexibility index (Phi) is 6.27. The van der Waals surface area contributed by atoms with E-state index in [1.807, 2.05) is 32.0 Å². The zero-order valence-corrected chi connectivity index (χ0v) is 18.3. The molecule has 7 heteroatoms. The highest BCUT2D eigenvalue weighted by Crippen LogP contribution is 2.30. The van der Waals surface area contributed by atoms with Crippen molar-refractivity contribution in [3.8, 4) is 11.3 Å². The van der Waals surface area contributed by atoms with Crippen LogP contribution < -0.4 is 0 Å². The molecule has 2 heterocycles. The molecule has 1 saturated heterocycles. The van der Waals surface area contributed by atoms with Crippen LogP contribution in [0.3, 0.4) is 0 Å². The Balaban J connectivity index is 1.87. The molecule has 0 amide bonds. The summed E-state index contributed by atoms with van der Waals surface area (Å²) in [6.45, 7) is 9.29. The first-order valence-corrected chi connectivity index (χ1v) is 11.5. The molecule has 0 radical (unpaired) electrons. The van der Waals surface area contributed by atoms with Gasteiger partial charge in [0.25, 0.3) is 0 Å². The van der Waals surface area contributed by atoms with Gasteiger partial charge in [-0.05, 0) is 58.7 Å². The van der Waals surface area contributed by atoms with E-state index in [9.17, 15) is 8.42 Å². The Morgan fingerprint density at radius 3 is 2.46 bits per heavy atom. The zero-order valence-electron chi connectivity index (χ0n) is 17.5. The predicted octanol–water partition coefficient (Wildman–Crippen LogP) is 3.71. The van der Waals surface area contributed by atoms with Crippen LogP contribution in [0.4, 0.5) is 0 Å². The summed E-state index contributed by atoms with van der Waals surface area (Å²) in [7, 11) is -1.42. The largest absolute Gasteiger partial charge is 0.356 e. The van der Waals surface area contributed by atoms with E-state index in [0.717, 1.165) is 29.7 Å². The zero-order chi connectivity index (χ0) is 20.5. The summed E-state index contributed by atoms with van der Waals surface area (Å²) in [4.78, 5) is 2.73. The number of piperidine rings is 1. The standard InChI is InChI=1S/C21H31N3O3S/c1-6-17-7-8-18(20-13-16(4)22-27-20)14-21(17)28(25,26)24-11-9-19(10-12-24)23(5)15(2)3/h7-8,13-15,19H,6,9-12H2,1-5H3. The number of hydrogen-bond acceptors (Lipinski definition) is 5. The van der Waals surface area contributed by atoms with Crippen molar-refractivity contribution in [2.45, 2.75) is 63.9 Å². The van der Waals surface area contributed by atoms with Crippen molar-refractivity contribution in [1.82, 2.24) is 14.4 Å². The fraction of sp³-hybridized carbons (Fsp3) is 0.571. The van der Waals surface area contributed by atoms with E-state index in [1.54, 1.807) is 10.4 Å². The third-order valence-electron chi connectivity index (χ3n) is 5.79. The topological polar surface area (TPSA) is 66.7 Å². The highest BCUT2D eigenvalue weighted by atomic mass is 32.2. The van der Waals surface area contributed by atoms with Crippen LogP contribution in [-0.2, 0) is 16.4 Å². The highest BCUT2D eigenvalue weighted by Gasteiger charge is 2.32. The van der Waals surface area contributed by atoms with Crippen LogP contribution in [0.5, 0.6) is 0 Å². The minimum Gasteiger partial charge on any atom is -0.356 e. The molecule has 1 aliphatic heterocycles. The minimum absolute atomic E-state index is 0.386. The van der Waals surface area contributed by atoms with Crippen molar-refractivity contribution < 1.29 is 12.9 Å². The second kappa shape index (κ2) is 8.35. The molecule has 1 aliphatic rings. The molecule has 1 aromatic heterocycles. The van der Waals surface area contributed by atoms with Gasteiger partial charge in [0.2, 0.25) is 10.0 Å². The average molecular weight is 406 g/mol. The Bertz CT molecular complexity index is 913. The van der Waals surface area contributed by atoms with Crippen molar-refractivity contribution in [3.05, 3.63) is 35.5 Å². The minimum atomic E-state index is -3.55. The smallest absolute Gasteiger partial charge is 0.243 e. The normalized spacial score (nSPS) is 17.0. The second-order valence-electron chi connectivity index (χ2n) is 7.90. The lowest BCUT2D eigenvalue weighted by Crippen LogP contribution is -2.47. The maximum Gasteiger partial charge on any atom is 0.243 e. The van der Waals surface area contributed by atoms with Crippen LogP contribution in [0, 0.1) is 6.92 Å². The third kappa shape index (κ3) is 4.16. The van der Waals surface area contributed by atoms with Gasteiger partial charge in [0.05, 0.1) is 10.6 Å². The number of rotatable bonds is 6. The molecule has 0 unspecified atom stereocenters. The number of aromatic nitrogens is 1. The molecule has 0 bridgehead atoms. The van der Waals surface area contributed by atoms with Gasteiger partial charge in [-0.2, -0.15) is 4.31 Å². The summed E-state index contributed by atoms with van der Waals surface area (Å²) in [6, 6.07) is 8.24. The van der Waals surface area contributed by atoms with Gasteiger partial charge in [-0.15, -0.1) is 0 Å². The van der Waals surface area contributed by atoms with Crippen molar-refractivity contribution in [2.75, 3.05) is 20.1 Å². The second-order valence-corrected chi connectivity index (χ2v) is 9.81. The predicted molar refractivity (Wildman–Crippen MR) is 111 cm³/mol. The first kappa shape index (κ1) is 21.0. The molecule has 0 spiro atoms. The van der Waals surface area contributed by atoms with Crippen molar-refractivity contribution >= 4 is 10.0 Å². The van der Waals surface area contributed by atoms with Gasteiger partial charge in [-0.3, -0.25) is 0 Å². The average Bonchev–Trinajstić information content (AvgIpc) is 3.13. The fourth-order valence-corrected chi connectivity index (χ4v) is 5.58. The molecular formula is C21H31N3O3S. The maximum atomic E-state index is 13.4. The summed E-state index contributed by atoms with van der Waals surface area (Å²) in [5.41, 5.74) is 2.35. The molecule has 3 rings (SSSR count). The lowest BCUT2D eigenvalue weighted by Gasteiger charge is -2.38. The van der Waals surface area contributed by atoms with E-state index < -0.39 is 10.0 Å². The molecule has 28 heavy (non-hydrogen) atoms. The Hall–Kier alpha value is -1.70. The van der Waals surface area contributed by atoms with Crippen molar-refractivity contribution in [2.24, 2.45) is 0 Å². The fourth-order valence-electron chi connectivity index (χ4n) is 3.79. The number of nitrogens with zero attached hydrogens (tertiary/aromatic N) is 3.